The van der Waals surface area contributed by atoms with Crippen LogP contribution in [0.25, 0.3) is 0 Å². The van der Waals surface area contributed by atoms with Gasteiger partial charge in [-0.1, -0.05) is 0 Å². The number of benzene rings is 1. The summed E-state index contributed by atoms with van der Waals surface area (Å²) in [5, 5.41) is 6.95. The van der Waals surface area contributed by atoms with Gasteiger partial charge in [-0.05, 0) is 54.1 Å². The van der Waals surface area contributed by atoms with Crippen LogP contribution in [0.15, 0.2) is 18.5 Å². The molecule has 1 aliphatic heterocycles. The fraction of sp³-hybridized carbons (Fsp3) is 0.400. The molecule has 0 saturated carbocycles. The Kier molecular flexibility index (Phi) is 4.69. The predicted octanol–water partition coefficient (Wildman–Crippen LogP) is 2.61. The number of fused-ring (bicyclic) bond motifs is 1. The minimum Gasteiger partial charge on any atom is -0.490 e. The van der Waals surface area contributed by atoms with Crippen molar-refractivity contribution in [2.24, 2.45) is 0 Å². The number of rotatable bonds is 5. The molecule has 1 atom stereocenters. The smallest absolute Gasteiger partial charge is 0.229 e. The number of anilines is 1. The minimum absolute atomic E-state index is 0.0719. The Bertz CT molecular complexity index is 732. The molecule has 1 amide bonds. The Hall–Kier alpha value is -1.84. The van der Waals surface area contributed by atoms with E-state index in [1.54, 1.807) is 4.68 Å². The maximum absolute atomic E-state index is 11.9. The summed E-state index contributed by atoms with van der Waals surface area (Å²) in [6.45, 7) is 4.97. The first-order valence-corrected chi connectivity index (χ1v) is 8.50. The molecule has 0 bridgehead atoms. The number of hydrogen-bond acceptors (Lipinski definition) is 5. The van der Waals surface area contributed by atoms with E-state index in [4.69, 9.17) is 9.47 Å². The molecule has 2 heterocycles. The Morgan fingerprint density at radius 1 is 1.35 bits per heavy atom. The van der Waals surface area contributed by atoms with Crippen LogP contribution in [0.4, 0.5) is 5.95 Å². The summed E-state index contributed by atoms with van der Waals surface area (Å²) in [6, 6.07) is 3.72. The Morgan fingerprint density at radius 2 is 2.13 bits per heavy atom. The SMILES string of the molecule is CCOc1cc(C2CC(=O)Nc3ncnn32)cc(I)c1OCC. The number of carbonyl (C=O) groups excluding carboxylic acids is 1. The number of halogens is 1. The molecule has 3 rings (SSSR count). The number of amides is 1. The molecular formula is C15H17IN4O3. The van der Waals surface area contributed by atoms with E-state index in [0.717, 1.165) is 14.9 Å². The summed E-state index contributed by atoms with van der Waals surface area (Å²) in [4.78, 5) is 16.0. The van der Waals surface area contributed by atoms with Crippen LogP contribution in [0.3, 0.4) is 0 Å². The third kappa shape index (κ3) is 3.12. The summed E-state index contributed by atoms with van der Waals surface area (Å²) in [5.41, 5.74) is 0.947. The van der Waals surface area contributed by atoms with Crippen molar-refractivity contribution < 1.29 is 14.3 Å². The van der Waals surface area contributed by atoms with Gasteiger partial charge in [-0.2, -0.15) is 10.1 Å². The molecule has 0 fully saturated rings. The molecule has 0 saturated heterocycles. The highest BCUT2D eigenvalue weighted by atomic mass is 127. The van der Waals surface area contributed by atoms with Gasteiger partial charge in [-0.25, -0.2) is 4.68 Å². The van der Waals surface area contributed by atoms with E-state index in [9.17, 15) is 4.79 Å². The first kappa shape index (κ1) is 16.0. The van der Waals surface area contributed by atoms with Gasteiger partial charge in [-0.15, -0.1) is 0 Å². The molecule has 7 nitrogen and oxygen atoms in total. The lowest BCUT2D eigenvalue weighted by molar-refractivity contribution is -0.117. The molecule has 8 heteroatoms. The zero-order chi connectivity index (χ0) is 16.4. The molecule has 1 unspecified atom stereocenters. The summed E-state index contributed by atoms with van der Waals surface area (Å²) in [6.07, 6.45) is 1.75. The monoisotopic (exact) mass is 428 g/mol. The molecule has 1 aromatic heterocycles. The number of nitrogens with zero attached hydrogens (tertiary/aromatic N) is 3. The molecule has 122 valence electrons. The number of nitrogens with one attached hydrogen (secondary N) is 1. The highest BCUT2D eigenvalue weighted by Crippen LogP contribution is 2.38. The highest BCUT2D eigenvalue weighted by Gasteiger charge is 2.29. The van der Waals surface area contributed by atoms with Gasteiger partial charge in [0.1, 0.15) is 6.33 Å². The van der Waals surface area contributed by atoms with Crippen LogP contribution in [-0.2, 0) is 4.79 Å². The van der Waals surface area contributed by atoms with Crippen molar-refractivity contribution in [2.45, 2.75) is 26.3 Å². The van der Waals surface area contributed by atoms with Crippen molar-refractivity contribution >= 4 is 34.4 Å². The van der Waals surface area contributed by atoms with Gasteiger partial charge >= 0.3 is 0 Å². The number of ether oxygens (including phenoxy) is 2. The first-order valence-electron chi connectivity index (χ1n) is 7.42. The fourth-order valence-electron chi connectivity index (χ4n) is 2.59. The van der Waals surface area contributed by atoms with Crippen molar-refractivity contribution in [1.82, 2.24) is 14.8 Å². The first-order chi connectivity index (χ1) is 11.1. The van der Waals surface area contributed by atoms with Crippen LogP contribution in [0, 0.1) is 3.57 Å². The van der Waals surface area contributed by atoms with Crippen molar-refractivity contribution in [3.8, 4) is 11.5 Å². The highest BCUT2D eigenvalue weighted by molar-refractivity contribution is 14.1. The van der Waals surface area contributed by atoms with E-state index in [0.29, 0.717) is 31.3 Å². The molecule has 1 aliphatic rings. The lowest BCUT2D eigenvalue weighted by Crippen LogP contribution is -2.29. The molecule has 1 N–H and O–H groups in total. The summed E-state index contributed by atoms with van der Waals surface area (Å²) >= 11 is 2.22. The second-order valence-electron chi connectivity index (χ2n) is 4.99. The number of aromatic nitrogens is 3. The summed E-state index contributed by atoms with van der Waals surface area (Å²) in [5.74, 6) is 1.81. The van der Waals surface area contributed by atoms with Gasteiger partial charge in [0.05, 0.1) is 29.2 Å². The minimum atomic E-state index is -0.204. The van der Waals surface area contributed by atoms with Crippen LogP contribution in [0.5, 0.6) is 11.5 Å². The number of hydrogen-bond donors (Lipinski definition) is 1. The van der Waals surface area contributed by atoms with Crippen LogP contribution in [0.2, 0.25) is 0 Å². The fourth-order valence-corrected chi connectivity index (χ4v) is 3.37. The van der Waals surface area contributed by atoms with Gasteiger partial charge in [0.2, 0.25) is 11.9 Å². The lowest BCUT2D eigenvalue weighted by Gasteiger charge is -2.25. The zero-order valence-electron chi connectivity index (χ0n) is 12.9. The predicted molar refractivity (Wildman–Crippen MR) is 92.9 cm³/mol. The molecule has 2 aromatic rings. The van der Waals surface area contributed by atoms with Crippen molar-refractivity contribution in [3.05, 3.63) is 27.6 Å². The van der Waals surface area contributed by atoms with Crippen LogP contribution in [0.1, 0.15) is 31.9 Å². The molecule has 0 radical (unpaired) electrons. The Labute approximate surface area is 147 Å². The third-order valence-corrected chi connectivity index (χ3v) is 4.30. The van der Waals surface area contributed by atoms with Crippen LogP contribution >= 0.6 is 22.6 Å². The maximum atomic E-state index is 11.9. The van der Waals surface area contributed by atoms with Gasteiger partial charge in [-0.3, -0.25) is 10.1 Å². The second-order valence-corrected chi connectivity index (χ2v) is 6.15. The third-order valence-electron chi connectivity index (χ3n) is 3.50. The zero-order valence-corrected chi connectivity index (χ0v) is 15.0. The van der Waals surface area contributed by atoms with Gasteiger partial charge < -0.3 is 9.47 Å². The summed E-state index contributed by atoms with van der Waals surface area (Å²) < 4.78 is 14.1. The molecular weight excluding hydrogens is 411 g/mol. The van der Waals surface area contributed by atoms with Gasteiger partial charge in [0, 0.05) is 0 Å². The normalized spacial score (nSPS) is 16.7. The lowest BCUT2D eigenvalue weighted by atomic mass is 10.0. The molecule has 0 aliphatic carbocycles. The van der Waals surface area contributed by atoms with E-state index < -0.39 is 0 Å². The molecule has 23 heavy (non-hydrogen) atoms. The molecule has 1 aromatic carbocycles. The van der Waals surface area contributed by atoms with Crippen LogP contribution in [-0.4, -0.2) is 33.9 Å². The summed E-state index contributed by atoms with van der Waals surface area (Å²) in [7, 11) is 0. The van der Waals surface area contributed by atoms with Crippen molar-refractivity contribution in [1.29, 1.82) is 0 Å². The van der Waals surface area contributed by atoms with Crippen LogP contribution < -0.4 is 14.8 Å². The Balaban J connectivity index is 2.05. The van der Waals surface area contributed by atoms with E-state index in [1.165, 1.54) is 6.33 Å². The average molecular weight is 428 g/mol. The van der Waals surface area contributed by atoms with Gasteiger partial charge in [0.15, 0.2) is 11.5 Å². The Morgan fingerprint density at radius 3 is 2.87 bits per heavy atom. The van der Waals surface area contributed by atoms with E-state index >= 15 is 0 Å². The average Bonchev–Trinajstić information content (AvgIpc) is 2.98. The molecule has 0 spiro atoms. The maximum Gasteiger partial charge on any atom is 0.229 e. The number of carbonyl (C=O) groups is 1. The topological polar surface area (TPSA) is 78.3 Å². The van der Waals surface area contributed by atoms with E-state index in [1.807, 2.05) is 26.0 Å². The largest absolute Gasteiger partial charge is 0.490 e. The van der Waals surface area contributed by atoms with E-state index in [-0.39, 0.29) is 11.9 Å². The van der Waals surface area contributed by atoms with Gasteiger partial charge in [0.25, 0.3) is 0 Å². The van der Waals surface area contributed by atoms with Crippen molar-refractivity contribution in [2.75, 3.05) is 18.5 Å². The quantitative estimate of drug-likeness (QED) is 0.741. The second kappa shape index (κ2) is 6.73. The standard InChI is InChI=1S/C15H17IN4O3/c1-3-22-12-6-9(5-10(16)14(12)23-4-2)11-7-13(21)19-15-17-8-18-20(11)15/h5-6,8,11H,3-4,7H2,1-2H3,(H,17,18,19,21). The van der Waals surface area contributed by atoms with E-state index in [2.05, 4.69) is 38.0 Å². The van der Waals surface area contributed by atoms with Crippen molar-refractivity contribution in [3.63, 3.8) is 0 Å².